The molecular formula is C63H114O6. The first-order valence-corrected chi connectivity index (χ1v) is 30.1. The quantitative estimate of drug-likeness (QED) is 0.0262. The summed E-state index contributed by atoms with van der Waals surface area (Å²) < 4.78 is 16.9. The smallest absolute Gasteiger partial charge is 0.306 e. The zero-order chi connectivity index (χ0) is 50.0. The molecule has 1 atom stereocenters. The molecule has 0 radical (unpaired) electrons. The van der Waals surface area contributed by atoms with Crippen LogP contribution in [0.3, 0.4) is 0 Å². The molecule has 0 saturated carbocycles. The van der Waals surface area contributed by atoms with E-state index in [1.165, 1.54) is 193 Å². The number of ether oxygens (including phenoxy) is 3. The van der Waals surface area contributed by atoms with Crippen molar-refractivity contribution in [1.82, 2.24) is 0 Å². The van der Waals surface area contributed by atoms with E-state index in [4.69, 9.17) is 14.2 Å². The van der Waals surface area contributed by atoms with Gasteiger partial charge in [-0.1, -0.05) is 268 Å². The fourth-order valence-electron chi connectivity index (χ4n) is 8.81. The van der Waals surface area contributed by atoms with Crippen LogP contribution in [-0.2, 0) is 28.6 Å². The van der Waals surface area contributed by atoms with Crippen LogP contribution < -0.4 is 0 Å². The highest BCUT2D eigenvalue weighted by molar-refractivity contribution is 5.71. The summed E-state index contributed by atoms with van der Waals surface area (Å²) in [5, 5.41) is 0. The van der Waals surface area contributed by atoms with Gasteiger partial charge in [0.15, 0.2) is 6.10 Å². The zero-order valence-corrected chi connectivity index (χ0v) is 46.1. The zero-order valence-electron chi connectivity index (χ0n) is 46.1. The third-order valence-electron chi connectivity index (χ3n) is 13.3. The minimum Gasteiger partial charge on any atom is -0.462 e. The standard InChI is InChI=1S/C63H114O6/c1-4-7-10-13-16-19-22-25-28-30-31-33-35-38-41-44-47-50-53-56-62(65)68-59-60(58-67-61(64)55-52-49-46-43-40-37-34-27-24-21-18-15-12-9-6-3)69-63(66)57-54-51-48-45-42-39-36-32-29-26-23-20-17-14-11-8-5-2/h8,11,17,20,25-26,28-29,60H,4-7,9-10,12-16,18-19,21-24,27,30-59H2,1-3H3/b11-8-,20-17-,28-25-,29-26-. The van der Waals surface area contributed by atoms with E-state index in [2.05, 4.69) is 69.4 Å². The molecule has 0 aliphatic heterocycles. The van der Waals surface area contributed by atoms with Crippen LogP contribution in [0.25, 0.3) is 0 Å². The number of hydrogen-bond acceptors (Lipinski definition) is 6. The van der Waals surface area contributed by atoms with Crippen molar-refractivity contribution in [2.75, 3.05) is 13.2 Å². The van der Waals surface area contributed by atoms with E-state index in [0.29, 0.717) is 19.3 Å². The van der Waals surface area contributed by atoms with Gasteiger partial charge in [0, 0.05) is 19.3 Å². The summed E-state index contributed by atoms with van der Waals surface area (Å²) in [7, 11) is 0. The lowest BCUT2D eigenvalue weighted by Gasteiger charge is -2.18. The Hall–Kier alpha value is -2.63. The van der Waals surface area contributed by atoms with Crippen LogP contribution in [0.15, 0.2) is 48.6 Å². The molecule has 0 heterocycles. The van der Waals surface area contributed by atoms with Crippen molar-refractivity contribution in [3.05, 3.63) is 48.6 Å². The Bertz CT molecular complexity index is 1200. The van der Waals surface area contributed by atoms with E-state index in [1.54, 1.807) is 0 Å². The molecule has 0 aromatic heterocycles. The largest absolute Gasteiger partial charge is 0.462 e. The van der Waals surface area contributed by atoms with Gasteiger partial charge in [-0.15, -0.1) is 0 Å². The molecule has 0 saturated heterocycles. The van der Waals surface area contributed by atoms with Gasteiger partial charge in [0.1, 0.15) is 13.2 Å². The van der Waals surface area contributed by atoms with E-state index >= 15 is 0 Å². The molecule has 0 N–H and O–H groups in total. The van der Waals surface area contributed by atoms with Gasteiger partial charge in [-0.2, -0.15) is 0 Å². The Balaban J connectivity index is 4.35. The van der Waals surface area contributed by atoms with Crippen LogP contribution in [0.4, 0.5) is 0 Å². The normalized spacial score (nSPS) is 12.3. The number of carbonyl (C=O) groups excluding carboxylic acids is 3. The van der Waals surface area contributed by atoms with Crippen molar-refractivity contribution in [2.45, 2.75) is 322 Å². The Kier molecular flexibility index (Phi) is 55.7. The van der Waals surface area contributed by atoms with Crippen LogP contribution in [0.1, 0.15) is 316 Å². The number of hydrogen-bond donors (Lipinski definition) is 0. The Morgan fingerprint density at radius 3 is 0.899 bits per heavy atom. The highest BCUT2D eigenvalue weighted by Crippen LogP contribution is 2.17. The molecule has 402 valence electrons. The number of allylic oxidation sites excluding steroid dienone is 8. The lowest BCUT2D eigenvalue weighted by molar-refractivity contribution is -0.167. The minimum atomic E-state index is -0.777. The molecule has 69 heavy (non-hydrogen) atoms. The number of carbonyl (C=O) groups is 3. The van der Waals surface area contributed by atoms with E-state index in [1.807, 2.05) is 0 Å². The van der Waals surface area contributed by atoms with Crippen molar-refractivity contribution >= 4 is 17.9 Å². The van der Waals surface area contributed by atoms with E-state index in [0.717, 1.165) is 83.5 Å². The monoisotopic (exact) mass is 967 g/mol. The molecule has 0 aliphatic carbocycles. The van der Waals surface area contributed by atoms with Gasteiger partial charge in [-0.3, -0.25) is 14.4 Å². The van der Waals surface area contributed by atoms with Gasteiger partial charge in [0.25, 0.3) is 0 Å². The summed E-state index contributed by atoms with van der Waals surface area (Å²) in [5.41, 5.74) is 0. The maximum atomic E-state index is 12.9. The molecule has 0 fully saturated rings. The molecule has 0 bridgehead atoms. The highest BCUT2D eigenvalue weighted by atomic mass is 16.6. The van der Waals surface area contributed by atoms with Gasteiger partial charge in [0.05, 0.1) is 0 Å². The number of rotatable bonds is 55. The molecule has 0 aromatic carbocycles. The average Bonchev–Trinajstić information content (AvgIpc) is 3.35. The summed E-state index contributed by atoms with van der Waals surface area (Å²) in [5.74, 6) is -0.868. The fourth-order valence-corrected chi connectivity index (χ4v) is 8.81. The topological polar surface area (TPSA) is 78.9 Å². The molecule has 0 aromatic rings. The lowest BCUT2D eigenvalue weighted by Crippen LogP contribution is -2.30. The first kappa shape index (κ1) is 66.4. The second kappa shape index (κ2) is 57.9. The van der Waals surface area contributed by atoms with Crippen molar-refractivity contribution < 1.29 is 28.6 Å². The van der Waals surface area contributed by atoms with Crippen molar-refractivity contribution in [3.8, 4) is 0 Å². The van der Waals surface area contributed by atoms with E-state index in [9.17, 15) is 14.4 Å². The van der Waals surface area contributed by atoms with Crippen LogP contribution >= 0.6 is 0 Å². The molecule has 1 unspecified atom stereocenters. The maximum absolute atomic E-state index is 12.9. The number of esters is 3. The van der Waals surface area contributed by atoms with E-state index < -0.39 is 6.10 Å². The Morgan fingerprint density at radius 1 is 0.304 bits per heavy atom. The Labute approximate surface area is 428 Å². The predicted molar refractivity (Wildman–Crippen MR) is 298 cm³/mol. The van der Waals surface area contributed by atoms with Crippen molar-refractivity contribution in [2.24, 2.45) is 0 Å². The van der Waals surface area contributed by atoms with Crippen molar-refractivity contribution in [3.63, 3.8) is 0 Å². The second-order valence-electron chi connectivity index (χ2n) is 20.2. The van der Waals surface area contributed by atoms with Crippen LogP contribution in [0.2, 0.25) is 0 Å². The van der Waals surface area contributed by atoms with Gasteiger partial charge in [-0.25, -0.2) is 0 Å². The third kappa shape index (κ3) is 56.2. The van der Waals surface area contributed by atoms with E-state index in [-0.39, 0.29) is 31.1 Å². The molecule has 0 aliphatic rings. The van der Waals surface area contributed by atoms with Crippen LogP contribution in [-0.4, -0.2) is 37.2 Å². The predicted octanol–water partition coefficient (Wildman–Crippen LogP) is 20.2. The minimum absolute atomic E-state index is 0.0743. The number of unbranched alkanes of at least 4 members (excludes halogenated alkanes) is 36. The molecule has 0 amide bonds. The van der Waals surface area contributed by atoms with Crippen LogP contribution in [0.5, 0.6) is 0 Å². The fraction of sp³-hybridized carbons (Fsp3) is 0.825. The van der Waals surface area contributed by atoms with Crippen LogP contribution in [0, 0.1) is 0 Å². The highest BCUT2D eigenvalue weighted by Gasteiger charge is 2.19. The lowest BCUT2D eigenvalue weighted by atomic mass is 10.0. The SMILES string of the molecule is CC/C=C\C/C=C\C/C=C\CCCCCCCCCC(=O)OC(COC(=O)CCCCCCCCCCC/C=C\CCCCCCCC)COC(=O)CCCCCCCCCCCCCCCCC. The molecule has 0 rings (SSSR count). The summed E-state index contributed by atoms with van der Waals surface area (Å²) in [4.78, 5) is 38.2. The third-order valence-corrected chi connectivity index (χ3v) is 13.3. The Morgan fingerprint density at radius 2 is 0.565 bits per heavy atom. The molecule has 6 heteroatoms. The summed E-state index contributed by atoms with van der Waals surface area (Å²) >= 11 is 0. The molecule has 0 spiro atoms. The van der Waals surface area contributed by atoms with Crippen molar-refractivity contribution in [1.29, 1.82) is 0 Å². The van der Waals surface area contributed by atoms with Gasteiger partial charge in [0.2, 0.25) is 0 Å². The molecular weight excluding hydrogens is 853 g/mol. The summed E-state index contributed by atoms with van der Waals surface area (Å²) in [6.07, 6.45) is 71.0. The first-order valence-electron chi connectivity index (χ1n) is 30.1. The summed E-state index contributed by atoms with van der Waals surface area (Å²) in [6.45, 7) is 6.56. The van der Waals surface area contributed by atoms with Gasteiger partial charge < -0.3 is 14.2 Å². The first-order chi connectivity index (χ1) is 34.0. The average molecular weight is 968 g/mol. The molecule has 6 nitrogen and oxygen atoms in total. The van der Waals surface area contributed by atoms with Gasteiger partial charge in [-0.05, 0) is 77.0 Å². The maximum Gasteiger partial charge on any atom is 0.306 e. The summed E-state index contributed by atoms with van der Waals surface area (Å²) in [6, 6.07) is 0. The second-order valence-corrected chi connectivity index (χ2v) is 20.2. The van der Waals surface area contributed by atoms with Gasteiger partial charge >= 0.3 is 17.9 Å².